The molecule has 1 aromatic rings. The van der Waals surface area contributed by atoms with Crippen LogP contribution >= 0.6 is 11.8 Å². The van der Waals surface area contributed by atoms with Gasteiger partial charge in [0.2, 0.25) is 0 Å². The first kappa shape index (κ1) is 12.4. The number of aliphatic carboxylic acids is 1. The lowest BCUT2D eigenvalue weighted by Crippen LogP contribution is -2.50. The summed E-state index contributed by atoms with van der Waals surface area (Å²) in [6, 6.07) is 6.42. The van der Waals surface area contributed by atoms with E-state index in [0.29, 0.717) is 13.1 Å². The normalized spacial score (nSPS) is 16.8. The summed E-state index contributed by atoms with van der Waals surface area (Å²) in [5.41, 5.74) is 0. The van der Waals surface area contributed by atoms with Gasteiger partial charge in [-0.15, -0.1) is 11.8 Å². The van der Waals surface area contributed by atoms with E-state index in [1.54, 1.807) is 23.9 Å². The third-order valence-electron chi connectivity index (χ3n) is 2.80. The van der Waals surface area contributed by atoms with Crippen LogP contribution in [0.15, 0.2) is 29.2 Å². The standard InChI is InChI=1S/C12H14FNO2S/c13-10-1-3-11(4-2-10)17-6-5-14-7-9(8-14)12(15)16/h1-4,9H,5-8H2,(H,15,16). The number of hydrogen-bond donors (Lipinski definition) is 1. The molecule has 1 N–H and O–H groups in total. The summed E-state index contributed by atoms with van der Waals surface area (Å²) in [6.45, 7) is 2.18. The first-order chi connectivity index (χ1) is 8.15. The van der Waals surface area contributed by atoms with E-state index in [4.69, 9.17) is 5.11 Å². The SMILES string of the molecule is O=C(O)C1CN(CCSc2ccc(F)cc2)C1. The second-order valence-electron chi connectivity index (χ2n) is 4.10. The van der Waals surface area contributed by atoms with Gasteiger partial charge in [-0.1, -0.05) is 0 Å². The van der Waals surface area contributed by atoms with Crippen molar-refractivity contribution in [3.63, 3.8) is 0 Å². The highest BCUT2D eigenvalue weighted by atomic mass is 32.2. The Morgan fingerprint density at radius 2 is 2.06 bits per heavy atom. The Labute approximate surface area is 104 Å². The molecule has 1 saturated heterocycles. The molecule has 92 valence electrons. The topological polar surface area (TPSA) is 40.5 Å². The van der Waals surface area contributed by atoms with E-state index in [2.05, 4.69) is 4.90 Å². The largest absolute Gasteiger partial charge is 0.481 e. The maximum Gasteiger partial charge on any atom is 0.309 e. The van der Waals surface area contributed by atoms with Gasteiger partial charge >= 0.3 is 5.97 Å². The molecule has 2 rings (SSSR count). The highest BCUT2D eigenvalue weighted by Crippen LogP contribution is 2.20. The molecule has 0 bridgehead atoms. The molecule has 0 aromatic heterocycles. The van der Waals surface area contributed by atoms with Crippen molar-refractivity contribution >= 4 is 17.7 Å². The third-order valence-corrected chi connectivity index (χ3v) is 3.79. The highest BCUT2D eigenvalue weighted by molar-refractivity contribution is 7.99. The molecule has 1 aliphatic heterocycles. The minimum absolute atomic E-state index is 0.189. The number of benzene rings is 1. The first-order valence-corrected chi connectivity index (χ1v) is 6.47. The van der Waals surface area contributed by atoms with Gasteiger partial charge in [0.05, 0.1) is 5.92 Å². The number of hydrogen-bond acceptors (Lipinski definition) is 3. The lowest BCUT2D eigenvalue weighted by atomic mass is 10.0. The van der Waals surface area contributed by atoms with E-state index in [1.807, 2.05) is 0 Å². The summed E-state index contributed by atoms with van der Waals surface area (Å²) in [5.74, 6) is -0.211. The number of thioether (sulfide) groups is 1. The number of nitrogens with zero attached hydrogens (tertiary/aromatic N) is 1. The van der Waals surface area contributed by atoms with Crippen molar-refractivity contribution in [2.75, 3.05) is 25.4 Å². The van der Waals surface area contributed by atoms with Gasteiger partial charge in [0.25, 0.3) is 0 Å². The maximum atomic E-state index is 12.6. The molecule has 3 nitrogen and oxygen atoms in total. The van der Waals surface area contributed by atoms with Crippen LogP contribution < -0.4 is 0 Å². The average molecular weight is 255 g/mol. The zero-order valence-electron chi connectivity index (χ0n) is 9.30. The molecule has 17 heavy (non-hydrogen) atoms. The fourth-order valence-corrected chi connectivity index (χ4v) is 2.65. The van der Waals surface area contributed by atoms with Crippen molar-refractivity contribution < 1.29 is 14.3 Å². The van der Waals surface area contributed by atoms with Crippen LogP contribution in [0.2, 0.25) is 0 Å². The number of carboxylic acid groups (broad SMARTS) is 1. The molecular weight excluding hydrogens is 241 g/mol. The van der Waals surface area contributed by atoms with Gasteiger partial charge in [0.15, 0.2) is 0 Å². The second kappa shape index (κ2) is 5.51. The van der Waals surface area contributed by atoms with Crippen LogP contribution in [-0.2, 0) is 4.79 Å². The first-order valence-electron chi connectivity index (χ1n) is 5.48. The molecule has 0 radical (unpaired) electrons. The van der Waals surface area contributed by atoms with Crippen LogP contribution in [0.1, 0.15) is 0 Å². The van der Waals surface area contributed by atoms with Gasteiger partial charge in [-0.05, 0) is 24.3 Å². The molecule has 1 heterocycles. The fraction of sp³-hybridized carbons (Fsp3) is 0.417. The number of halogens is 1. The van der Waals surface area contributed by atoms with E-state index in [0.717, 1.165) is 17.2 Å². The quantitative estimate of drug-likeness (QED) is 0.816. The molecular formula is C12H14FNO2S. The van der Waals surface area contributed by atoms with Gasteiger partial charge in [-0.25, -0.2) is 4.39 Å². The molecule has 1 aromatic carbocycles. The second-order valence-corrected chi connectivity index (χ2v) is 5.27. The fourth-order valence-electron chi connectivity index (χ4n) is 1.73. The van der Waals surface area contributed by atoms with Crippen molar-refractivity contribution in [3.8, 4) is 0 Å². The van der Waals surface area contributed by atoms with Crippen molar-refractivity contribution in [2.45, 2.75) is 4.90 Å². The lowest BCUT2D eigenvalue weighted by molar-refractivity contribution is -0.147. The predicted molar refractivity (Wildman–Crippen MR) is 64.7 cm³/mol. The van der Waals surface area contributed by atoms with Crippen molar-refractivity contribution in [1.29, 1.82) is 0 Å². The Bertz CT molecular complexity index is 390. The monoisotopic (exact) mass is 255 g/mol. The summed E-state index contributed by atoms with van der Waals surface area (Å²) >= 11 is 1.66. The van der Waals surface area contributed by atoms with E-state index >= 15 is 0 Å². The van der Waals surface area contributed by atoms with Crippen LogP contribution in [-0.4, -0.2) is 41.4 Å². The lowest BCUT2D eigenvalue weighted by Gasteiger charge is -2.36. The van der Waals surface area contributed by atoms with Gasteiger partial charge < -0.3 is 10.0 Å². The molecule has 1 fully saturated rings. The molecule has 1 aliphatic rings. The van der Waals surface area contributed by atoms with E-state index in [1.165, 1.54) is 12.1 Å². The number of rotatable bonds is 5. The van der Waals surface area contributed by atoms with Crippen LogP contribution in [0, 0.1) is 11.7 Å². The molecule has 0 saturated carbocycles. The van der Waals surface area contributed by atoms with E-state index < -0.39 is 5.97 Å². The summed E-state index contributed by atoms with van der Waals surface area (Å²) in [4.78, 5) is 13.8. The zero-order valence-corrected chi connectivity index (χ0v) is 10.1. The molecule has 0 amide bonds. The van der Waals surface area contributed by atoms with Crippen molar-refractivity contribution in [1.82, 2.24) is 4.90 Å². The Balaban J connectivity index is 1.64. The van der Waals surface area contributed by atoms with Gasteiger partial charge in [0, 0.05) is 30.3 Å². The summed E-state index contributed by atoms with van der Waals surface area (Å²) in [6.07, 6.45) is 0. The predicted octanol–water partition coefficient (Wildman–Crippen LogP) is 1.93. The summed E-state index contributed by atoms with van der Waals surface area (Å²) < 4.78 is 12.6. The smallest absolute Gasteiger partial charge is 0.309 e. The Morgan fingerprint density at radius 3 is 2.65 bits per heavy atom. The van der Waals surface area contributed by atoms with Crippen LogP contribution in [0.4, 0.5) is 4.39 Å². The molecule has 0 spiro atoms. The molecule has 5 heteroatoms. The summed E-state index contributed by atoms with van der Waals surface area (Å²) in [7, 11) is 0. The minimum atomic E-state index is -0.701. The third kappa shape index (κ3) is 3.44. The van der Waals surface area contributed by atoms with Crippen LogP contribution in [0.5, 0.6) is 0 Å². The van der Waals surface area contributed by atoms with Gasteiger partial charge in [-0.3, -0.25) is 4.79 Å². The number of likely N-dealkylation sites (tertiary alicyclic amines) is 1. The molecule has 0 aliphatic carbocycles. The molecule has 0 atom stereocenters. The number of carbonyl (C=O) groups is 1. The highest BCUT2D eigenvalue weighted by Gasteiger charge is 2.31. The number of carboxylic acids is 1. The van der Waals surface area contributed by atoms with Crippen LogP contribution in [0.3, 0.4) is 0 Å². The van der Waals surface area contributed by atoms with Crippen molar-refractivity contribution in [2.24, 2.45) is 5.92 Å². The van der Waals surface area contributed by atoms with Crippen molar-refractivity contribution in [3.05, 3.63) is 30.1 Å². The Hall–Kier alpha value is -1.07. The van der Waals surface area contributed by atoms with E-state index in [-0.39, 0.29) is 11.7 Å². The zero-order chi connectivity index (χ0) is 12.3. The van der Waals surface area contributed by atoms with Gasteiger partial charge in [0.1, 0.15) is 5.82 Å². The maximum absolute atomic E-state index is 12.6. The average Bonchev–Trinajstić information content (AvgIpc) is 2.23. The molecule has 0 unspecified atom stereocenters. The minimum Gasteiger partial charge on any atom is -0.481 e. The Kier molecular flexibility index (Phi) is 4.02. The Morgan fingerprint density at radius 1 is 1.41 bits per heavy atom. The van der Waals surface area contributed by atoms with Gasteiger partial charge in [-0.2, -0.15) is 0 Å². The summed E-state index contributed by atoms with van der Waals surface area (Å²) in [5, 5.41) is 8.71. The van der Waals surface area contributed by atoms with E-state index in [9.17, 15) is 9.18 Å². The van der Waals surface area contributed by atoms with Crippen LogP contribution in [0.25, 0.3) is 0 Å².